The van der Waals surface area contributed by atoms with Crippen molar-refractivity contribution in [2.24, 2.45) is 5.92 Å². The molecule has 0 saturated heterocycles. The summed E-state index contributed by atoms with van der Waals surface area (Å²) in [5, 5.41) is 0. The third-order valence-corrected chi connectivity index (χ3v) is 4.15. The van der Waals surface area contributed by atoms with E-state index in [1.807, 2.05) is 6.92 Å². The molecule has 1 atom stereocenters. The summed E-state index contributed by atoms with van der Waals surface area (Å²) in [4.78, 5) is 28.6. The molecule has 1 amide bonds. The molecule has 0 bridgehead atoms. The zero-order valence-electron chi connectivity index (χ0n) is 14.3. The van der Waals surface area contributed by atoms with Crippen molar-refractivity contribution in [1.82, 2.24) is 9.88 Å². The molecule has 0 unspecified atom stereocenters. The maximum atomic E-state index is 13.1. The highest BCUT2D eigenvalue weighted by atomic mass is 19.1. The van der Waals surface area contributed by atoms with Gasteiger partial charge >= 0.3 is 0 Å². The van der Waals surface area contributed by atoms with Gasteiger partial charge in [-0.1, -0.05) is 26.0 Å². The minimum absolute atomic E-state index is 0.0350. The fraction of sp³-hybridized carbons (Fsp3) is 0.368. The van der Waals surface area contributed by atoms with Gasteiger partial charge in [-0.2, -0.15) is 0 Å². The van der Waals surface area contributed by atoms with Gasteiger partial charge in [0.2, 0.25) is 5.56 Å². The normalized spacial score (nSPS) is 12.2. The molecule has 0 saturated carbocycles. The summed E-state index contributed by atoms with van der Waals surface area (Å²) in [6.45, 7) is 6.57. The highest BCUT2D eigenvalue weighted by molar-refractivity contribution is 5.94. The van der Waals surface area contributed by atoms with Crippen molar-refractivity contribution in [3.63, 3.8) is 0 Å². The first-order valence-electron chi connectivity index (χ1n) is 8.16. The van der Waals surface area contributed by atoms with Gasteiger partial charge in [-0.3, -0.25) is 9.59 Å². The Kier molecular flexibility index (Phi) is 5.90. The summed E-state index contributed by atoms with van der Waals surface area (Å²) < 4.78 is 13.1. The molecule has 1 aromatic heterocycles. The minimum Gasteiger partial charge on any atom is -0.335 e. The van der Waals surface area contributed by atoms with Crippen LogP contribution in [0.15, 0.2) is 47.4 Å². The number of likely N-dealkylation sites (N-methyl/N-ethyl adjacent to an activating group) is 1. The number of carbonyl (C=O) groups excluding carboxylic acids is 1. The number of aromatic nitrogens is 1. The first kappa shape index (κ1) is 17.9. The van der Waals surface area contributed by atoms with E-state index in [1.165, 1.54) is 24.4 Å². The quantitative estimate of drug-likeness (QED) is 0.884. The van der Waals surface area contributed by atoms with Crippen molar-refractivity contribution in [2.45, 2.75) is 33.2 Å². The second-order valence-corrected chi connectivity index (χ2v) is 6.17. The summed E-state index contributed by atoms with van der Waals surface area (Å²) in [5.41, 5.74) is 1.06. The molecule has 0 aliphatic rings. The second kappa shape index (κ2) is 7.90. The molecule has 1 N–H and O–H groups in total. The lowest BCUT2D eigenvalue weighted by Crippen LogP contribution is -2.44. The van der Waals surface area contributed by atoms with E-state index >= 15 is 0 Å². The monoisotopic (exact) mass is 330 g/mol. The Morgan fingerprint density at radius 3 is 2.42 bits per heavy atom. The summed E-state index contributed by atoms with van der Waals surface area (Å²) in [7, 11) is 0. The lowest BCUT2D eigenvalue weighted by atomic mass is 9.94. The Bertz CT molecular complexity index is 738. The van der Waals surface area contributed by atoms with Crippen LogP contribution in [0.3, 0.4) is 0 Å². The third kappa shape index (κ3) is 4.31. The Hall–Kier alpha value is -2.43. The van der Waals surface area contributed by atoms with E-state index in [0.717, 1.165) is 5.56 Å². The topological polar surface area (TPSA) is 53.2 Å². The predicted octanol–water partition coefficient (Wildman–Crippen LogP) is 3.24. The first-order chi connectivity index (χ1) is 11.4. The largest absolute Gasteiger partial charge is 0.335 e. The summed E-state index contributed by atoms with van der Waals surface area (Å²) in [6, 6.07) is 9.25. The number of aromatic amines is 1. The minimum atomic E-state index is -0.295. The van der Waals surface area contributed by atoms with Crippen LogP contribution in [-0.2, 0) is 6.42 Å². The van der Waals surface area contributed by atoms with E-state index < -0.39 is 0 Å². The van der Waals surface area contributed by atoms with E-state index in [9.17, 15) is 14.0 Å². The molecule has 0 spiro atoms. The highest BCUT2D eigenvalue weighted by Gasteiger charge is 2.26. The molecule has 0 radical (unpaired) electrons. The van der Waals surface area contributed by atoms with Gasteiger partial charge in [-0.15, -0.1) is 0 Å². The van der Waals surface area contributed by atoms with E-state index in [-0.39, 0.29) is 29.2 Å². The Morgan fingerprint density at radius 1 is 1.21 bits per heavy atom. The number of carbonyl (C=O) groups is 1. The van der Waals surface area contributed by atoms with Crippen LogP contribution in [0.5, 0.6) is 0 Å². The number of nitrogens with zero attached hydrogens (tertiary/aromatic N) is 1. The van der Waals surface area contributed by atoms with Crippen LogP contribution in [0.4, 0.5) is 4.39 Å². The van der Waals surface area contributed by atoms with Gasteiger partial charge in [0.05, 0.1) is 0 Å². The average Bonchev–Trinajstić information content (AvgIpc) is 2.56. The average molecular weight is 330 g/mol. The predicted molar refractivity (Wildman–Crippen MR) is 92.5 cm³/mol. The van der Waals surface area contributed by atoms with Gasteiger partial charge in [-0.05, 0) is 43.0 Å². The second-order valence-electron chi connectivity index (χ2n) is 6.17. The number of pyridine rings is 1. The van der Waals surface area contributed by atoms with Crippen LogP contribution < -0.4 is 5.56 Å². The molecular formula is C19H23FN2O2. The molecule has 0 fully saturated rings. The van der Waals surface area contributed by atoms with E-state index in [2.05, 4.69) is 18.8 Å². The number of rotatable bonds is 6. The molecule has 5 heteroatoms. The zero-order valence-corrected chi connectivity index (χ0v) is 14.3. The molecule has 24 heavy (non-hydrogen) atoms. The number of hydrogen-bond donors (Lipinski definition) is 1. The van der Waals surface area contributed by atoms with Crippen molar-refractivity contribution in [2.75, 3.05) is 6.54 Å². The fourth-order valence-electron chi connectivity index (χ4n) is 2.84. The number of hydrogen-bond acceptors (Lipinski definition) is 2. The van der Waals surface area contributed by atoms with E-state index in [4.69, 9.17) is 0 Å². The smallest absolute Gasteiger partial charge is 0.254 e. The van der Waals surface area contributed by atoms with E-state index in [0.29, 0.717) is 18.5 Å². The van der Waals surface area contributed by atoms with Crippen LogP contribution in [0.25, 0.3) is 0 Å². The molecule has 4 nitrogen and oxygen atoms in total. The summed E-state index contributed by atoms with van der Waals surface area (Å²) in [5.74, 6) is -0.211. The van der Waals surface area contributed by atoms with Gasteiger partial charge in [-0.25, -0.2) is 4.39 Å². The standard InChI is InChI=1S/C19H23FN2O2/c1-4-22(19(24)15-9-10-21-18(23)12-15)17(13(2)3)11-14-5-7-16(20)8-6-14/h5-10,12-13,17H,4,11H2,1-3H3,(H,21,23)/t17-/m1/s1. The molecule has 1 aromatic carbocycles. The molecule has 1 heterocycles. The maximum absolute atomic E-state index is 13.1. The van der Waals surface area contributed by atoms with Crippen molar-refractivity contribution in [1.29, 1.82) is 0 Å². The lowest BCUT2D eigenvalue weighted by molar-refractivity contribution is 0.0638. The Labute approximate surface area is 141 Å². The van der Waals surface area contributed by atoms with Gasteiger partial charge in [0.1, 0.15) is 5.82 Å². The SMILES string of the molecule is CCN(C(=O)c1cc[nH]c(=O)c1)[C@H](Cc1ccc(F)cc1)C(C)C. The number of nitrogens with one attached hydrogen (secondary N) is 1. The summed E-state index contributed by atoms with van der Waals surface area (Å²) >= 11 is 0. The van der Waals surface area contributed by atoms with Gasteiger partial charge in [0.25, 0.3) is 5.91 Å². The number of benzene rings is 1. The lowest BCUT2D eigenvalue weighted by Gasteiger charge is -2.34. The molecule has 128 valence electrons. The van der Waals surface area contributed by atoms with Crippen LogP contribution in [0, 0.1) is 11.7 Å². The molecule has 0 aliphatic heterocycles. The Morgan fingerprint density at radius 2 is 1.88 bits per heavy atom. The fourth-order valence-corrected chi connectivity index (χ4v) is 2.84. The molecular weight excluding hydrogens is 307 g/mol. The van der Waals surface area contributed by atoms with Crippen molar-refractivity contribution >= 4 is 5.91 Å². The van der Waals surface area contributed by atoms with Crippen LogP contribution in [0.2, 0.25) is 0 Å². The molecule has 2 rings (SSSR count). The Balaban J connectivity index is 2.27. The van der Waals surface area contributed by atoms with Gasteiger partial charge < -0.3 is 9.88 Å². The summed E-state index contributed by atoms with van der Waals surface area (Å²) in [6.07, 6.45) is 2.12. The third-order valence-electron chi connectivity index (χ3n) is 4.15. The van der Waals surface area contributed by atoms with Crippen LogP contribution >= 0.6 is 0 Å². The number of halogens is 1. The van der Waals surface area contributed by atoms with Crippen molar-refractivity contribution in [3.05, 3.63) is 69.9 Å². The first-order valence-corrected chi connectivity index (χ1v) is 8.16. The molecule has 2 aromatic rings. The van der Waals surface area contributed by atoms with Crippen molar-refractivity contribution < 1.29 is 9.18 Å². The molecule has 0 aliphatic carbocycles. The van der Waals surface area contributed by atoms with Gasteiger partial charge in [0, 0.05) is 30.4 Å². The van der Waals surface area contributed by atoms with E-state index in [1.54, 1.807) is 23.1 Å². The van der Waals surface area contributed by atoms with Crippen LogP contribution in [0.1, 0.15) is 36.7 Å². The highest BCUT2D eigenvalue weighted by Crippen LogP contribution is 2.19. The zero-order chi connectivity index (χ0) is 17.7. The van der Waals surface area contributed by atoms with Crippen molar-refractivity contribution in [3.8, 4) is 0 Å². The maximum Gasteiger partial charge on any atom is 0.254 e. The van der Waals surface area contributed by atoms with Gasteiger partial charge in [0.15, 0.2) is 0 Å². The van der Waals surface area contributed by atoms with Crippen LogP contribution in [-0.4, -0.2) is 28.4 Å². The number of H-pyrrole nitrogens is 1. The number of amides is 1.